The van der Waals surface area contributed by atoms with Gasteiger partial charge in [-0.15, -0.1) is 0 Å². The van der Waals surface area contributed by atoms with Crippen molar-refractivity contribution in [2.45, 2.75) is 0 Å². The molecule has 9 aromatic carbocycles. The summed E-state index contributed by atoms with van der Waals surface area (Å²) in [6.45, 7) is 0. The van der Waals surface area contributed by atoms with Crippen LogP contribution < -0.4 is 4.90 Å². The molecule has 0 bridgehead atoms. The molecule has 0 amide bonds. The van der Waals surface area contributed by atoms with Gasteiger partial charge in [0.2, 0.25) is 5.89 Å². The van der Waals surface area contributed by atoms with Crippen molar-refractivity contribution in [3.8, 4) is 39.4 Å². The van der Waals surface area contributed by atoms with Crippen LogP contribution in [0.5, 0.6) is 0 Å². The Hall–Kier alpha value is -7.69. The topological polar surface area (TPSA) is 34.2 Å². The molecule has 0 aliphatic heterocycles. The van der Waals surface area contributed by atoms with E-state index in [1.807, 2.05) is 30.3 Å². The lowest BCUT2D eigenvalue weighted by Crippen LogP contribution is -2.10. The zero-order chi connectivity index (χ0) is 37.7. The summed E-state index contributed by atoms with van der Waals surface area (Å²) in [4.78, 5) is 7.23. The average Bonchev–Trinajstić information content (AvgIpc) is 3.88. The first-order valence-electron chi connectivity index (χ1n) is 19.3. The first kappa shape index (κ1) is 32.7. The van der Waals surface area contributed by atoms with Crippen molar-refractivity contribution in [1.29, 1.82) is 0 Å². The van der Waals surface area contributed by atoms with Crippen molar-refractivity contribution in [3.63, 3.8) is 0 Å². The molecule has 0 saturated heterocycles. The van der Waals surface area contributed by atoms with E-state index in [4.69, 9.17) is 9.40 Å². The average molecular weight is 730 g/mol. The number of oxazole rings is 1. The third-order valence-electron chi connectivity index (χ3n) is 11.0. The zero-order valence-electron chi connectivity index (χ0n) is 31.0. The number of rotatable bonds is 7. The normalized spacial score (nSPS) is 11.5. The molecule has 0 aliphatic carbocycles. The van der Waals surface area contributed by atoms with E-state index >= 15 is 0 Å². The number of benzene rings is 9. The molecule has 11 aromatic rings. The Morgan fingerprint density at radius 1 is 0.404 bits per heavy atom. The highest BCUT2D eigenvalue weighted by molar-refractivity contribution is 6.16. The highest BCUT2D eigenvalue weighted by atomic mass is 16.3. The van der Waals surface area contributed by atoms with Crippen LogP contribution in [0.3, 0.4) is 0 Å². The van der Waals surface area contributed by atoms with Crippen LogP contribution in [0.2, 0.25) is 0 Å². The Kier molecular flexibility index (Phi) is 7.78. The van der Waals surface area contributed by atoms with Crippen molar-refractivity contribution >= 4 is 60.7 Å². The third kappa shape index (κ3) is 5.58. The van der Waals surface area contributed by atoms with E-state index in [0.29, 0.717) is 5.89 Å². The molecule has 0 radical (unpaired) electrons. The van der Waals surface area contributed by atoms with E-state index in [9.17, 15) is 0 Å². The largest absolute Gasteiger partial charge is 0.435 e. The Labute approximate surface area is 330 Å². The predicted octanol–water partition coefficient (Wildman–Crippen LogP) is 14.5. The molecule has 0 spiro atoms. The third-order valence-corrected chi connectivity index (χ3v) is 11.0. The second kappa shape index (κ2) is 13.6. The maximum Gasteiger partial charge on any atom is 0.227 e. The number of para-hydroxylation sites is 2. The van der Waals surface area contributed by atoms with Gasteiger partial charge in [0, 0.05) is 38.8 Å². The van der Waals surface area contributed by atoms with E-state index in [1.165, 1.54) is 27.4 Å². The summed E-state index contributed by atoms with van der Waals surface area (Å²) in [6, 6.07) is 75.2. The van der Waals surface area contributed by atoms with Gasteiger partial charge in [-0.05, 0) is 100 Å². The van der Waals surface area contributed by atoms with Crippen LogP contribution in [0.15, 0.2) is 217 Å². The number of nitrogens with zero attached hydrogens (tertiary/aromatic N) is 3. The zero-order valence-corrected chi connectivity index (χ0v) is 31.0. The second-order valence-corrected chi connectivity index (χ2v) is 14.4. The number of hydrogen-bond acceptors (Lipinski definition) is 3. The van der Waals surface area contributed by atoms with Crippen LogP contribution in [0.4, 0.5) is 17.1 Å². The van der Waals surface area contributed by atoms with Gasteiger partial charge in [0.1, 0.15) is 5.52 Å². The molecule has 268 valence electrons. The molecule has 2 heterocycles. The van der Waals surface area contributed by atoms with Crippen LogP contribution in [-0.2, 0) is 0 Å². The van der Waals surface area contributed by atoms with Gasteiger partial charge in [0.15, 0.2) is 5.58 Å². The summed E-state index contributed by atoms with van der Waals surface area (Å²) < 4.78 is 8.80. The quantitative estimate of drug-likeness (QED) is 0.164. The molecule has 4 nitrogen and oxygen atoms in total. The van der Waals surface area contributed by atoms with Crippen molar-refractivity contribution in [3.05, 3.63) is 212 Å². The van der Waals surface area contributed by atoms with Gasteiger partial charge in [-0.3, -0.25) is 0 Å². The maximum atomic E-state index is 6.42. The minimum atomic E-state index is 0.631. The van der Waals surface area contributed by atoms with Crippen molar-refractivity contribution in [2.24, 2.45) is 0 Å². The van der Waals surface area contributed by atoms with Crippen LogP contribution in [0.1, 0.15) is 0 Å². The Balaban J connectivity index is 1.07. The number of anilines is 3. The Bertz CT molecular complexity index is 3200. The van der Waals surface area contributed by atoms with Crippen molar-refractivity contribution in [1.82, 2.24) is 9.55 Å². The summed E-state index contributed by atoms with van der Waals surface area (Å²) in [6.07, 6.45) is 0. The molecule has 0 N–H and O–H groups in total. The highest BCUT2D eigenvalue weighted by Crippen LogP contribution is 2.45. The molecule has 11 rings (SSSR count). The van der Waals surface area contributed by atoms with E-state index in [1.54, 1.807) is 0 Å². The predicted molar refractivity (Wildman–Crippen MR) is 237 cm³/mol. The first-order chi connectivity index (χ1) is 28.3. The molecule has 0 fully saturated rings. The van der Waals surface area contributed by atoms with Crippen LogP contribution in [-0.4, -0.2) is 9.55 Å². The highest BCUT2D eigenvalue weighted by Gasteiger charge is 2.21. The molecule has 4 heteroatoms. The monoisotopic (exact) mass is 729 g/mol. The smallest absolute Gasteiger partial charge is 0.227 e. The molecule has 0 aliphatic rings. The second-order valence-electron chi connectivity index (χ2n) is 14.4. The van der Waals surface area contributed by atoms with Crippen LogP contribution in [0, 0.1) is 0 Å². The Morgan fingerprint density at radius 2 is 0.982 bits per heavy atom. The molecule has 57 heavy (non-hydrogen) atoms. The van der Waals surface area contributed by atoms with Gasteiger partial charge in [0.05, 0.1) is 16.7 Å². The summed E-state index contributed by atoms with van der Waals surface area (Å²) in [5, 5.41) is 4.58. The number of fused-ring (bicyclic) bond motifs is 6. The molecule has 0 unspecified atom stereocenters. The first-order valence-corrected chi connectivity index (χ1v) is 19.3. The van der Waals surface area contributed by atoms with Gasteiger partial charge >= 0.3 is 0 Å². The van der Waals surface area contributed by atoms with E-state index in [0.717, 1.165) is 66.8 Å². The van der Waals surface area contributed by atoms with Crippen LogP contribution >= 0.6 is 0 Å². The van der Waals surface area contributed by atoms with Gasteiger partial charge in [-0.1, -0.05) is 140 Å². The molecule has 2 aromatic heterocycles. The molecular weight excluding hydrogens is 695 g/mol. The lowest BCUT2D eigenvalue weighted by atomic mass is 9.97. The minimum absolute atomic E-state index is 0.631. The van der Waals surface area contributed by atoms with Gasteiger partial charge < -0.3 is 13.9 Å². The fraction of sp³-hybridized carbons (Fsp3) is 0. The summed E-state index contributed by atoms with van der Waals surface area (Å²) in [5.74, 6) is 0.631. The summed E-state index contributed by atoms with van der Waals surface area (Å²) >= 11 is 0. The standard InChI is InChI=1S/C53H35N3O/c1-4-14-36(15-5-1)37-26-30-41(31-27-37)55(49-24-13-25-50-51(49)46-20-10-11-23-48(46)56(50)40-18-8-3-9-19-40)42-32-28-38(29-33-42)43-21-12-22-45-44(43)34-35-47-52(45)57-53(54-47)39-16-6-2-7-17-39/h1-35H. The van der Waals surface area contributed by atoms with Gasteiger partial charge in [-0.25, -0.2) is 4.98 Å². The molecular formula is C53H35N3O. The lowest BCUT2D eigenvalue weighted by molar-refractivity contribution is 0.623. The van der Waals surface area contributed by atoms with Gasteiger partial charge in [-0.2, -0.15) is 0 Å². The number of hydrogen-bond donors (Lipinski definition) is 0. The summed E-state index contributed by atoms with van der Waals surface area (Å²) in [7, 11) is 0. The van der Waals surface area contributed by atoms with E-state index in [-0.39, 0.29) is 0 Å². The fourth-order valence-corrected chi connectivity index (χ4v) is 8.39. The SMILES string of the molecule is c1ccc(-c2ccc(N(c3ccc(-c4cccc5c4ccc4nc(-c6ccccc6)oc45)cc3)c3cccc4c3c3ccccc3n4-c3ccccc3)cc2)cc1. The lowest BCUT2D eigenvalue weighted by Gasteiger charge is -2.27. The van der Waals surface area contributed by atoms with E-state index < -0.39 is 0 Å². The minimum Gasteiger partial charge on any atom is -0.435 e. The maximum absolute atomic E-state index is 6.42. The van der Waals surface area contributed by atoms with Crippen molar-refractivity contribution < 1.29 is 4.42 Å². The molecule has 0 saturated carbocycles. The number of aromatic nitrogens is 2. The summed E-state index contributed by atoms with van der Waals surface area (Å²) in [5.41, 5.74) is 14.0. The molecule has 0 atom stereocenters. The van der Waals surface area contributed by atoms with Crippen LogP contribution in [0.25, 0.3) is 83.1 Å². The van der Waals surface area contributed by atoms with Gasteiger partial charge in [0.25, 0.3) is 0 Å². The Morgan fingerprint density at radius 3 is 1.72 bits per heavy atom. The van der Waals surface area contributed by atoms with E-state index in [2.05, 4.69) is 191 Å². The fourth-order valence-electron chi connectivity index (χ4n) is 8.39. The van der Waals surface area contributed by atoms with Crippen molar-refractivity contribution in [2.75, 3.05) is 4.90 Å².